The SMILES string of the molecule is CCCCC(CC)C(=O)N1CCN(S(=O)(=O)c2cccc([N+](=O)[O-])c2)CC1. The van der Waals surface area contributed by atoms with Gasteiger partial charge in [-0.2, -0.15) is 4.31 Å². The number of hydrogen-bond acceptors (Lipinski definition) is 5. The number of benzene rings is 1. The molecule has 1 aromatic carbocycles. The standard InChI is InChI=1S/C18H27N3O5S/c1-3-5-7-15(4-2)18(22)19-10-12-20(13-11-19)27(25,26)17-9-6-8-16(14-17)21(23)24/h6,8-9,14-15H,3-5,7,10-13H2,1-2H3. The highest BCUT2D eigenvalue weighted by Gasteiger charge is 2.32. The summed E-state index contributed by atoms with van der Waals surface area (Å²) in [5, 5.41) is 10.9. The van der Waals surface area contributed by atoms with Crippen LogP contribution in [0.25, 0.3) is 0 Å². The van der Waals surface area contributed by atoms with Crippen molar-refractivity contribution < 1.29 is 18.1 Å². The Morgan fingerprint density at radius 3 is 2.44 bits per heavy atom. The molecule has 2 rings (SSSR count). The van der Waals surface area contributed by atoms with Crippen LogP contribution < -0.4 is 0 Å². The number of carbonyl (C=O) groups excluding carboxylic acids is 1. The van der Waals surface area contributed by atoms with Gasteiger partial charge in [0.1, 0.15) is 0 Å². The van der Waals surface area contributed by atoms with Gasteiger partial charge < -0.3 is 4.90 Å². The lowest BCUT2D eigenvalue weighted by atomic mass is 9.97. The van der Waals surface area contributed by atoms with Crippen LogP contribution in [0.2, 0.25) is 0 Å². The Labute approximate surface area is 160 Å². The Bertz CT molecular complexity index is 773. The highest BCUT2D eigenvalue weighted by atomic mass is 32.2. The molecule has 1 atom stereocenters. The molecular weight excluding hydrogens is 370 g/mol. The van der Waals surface area contributed by atoms with E-state index in [-0.39, 0.29) is 35.5 Å². The van der Waals surface area contributed by atoms with Crippen LogP contribution in [0.3, 0.4) is 0 Å². The Balaban J connectivity index is 2.05. The summed E-state index contributed by atoms with van der Waals surface area (Å²) in [5.74, 6) is 0.0863. The number of non-ortho nitro benzene ring substituents is 1. The van der Waals surface area contributed by atoms with Crippen molar-refractivity contribution in [3.63, 3.8) is 0 Å². The number of unbranched alkanes of at least 4 members (excludes halogenated alkanes) is 1. The van der Waals surface area contributed by atoms with Gasteiger partial charge >= 0.3 is 0 Å². The first-order valence-electron chi connectivity index (χ1n) is 9.34. The summed E-state index contributed by atoms with van der Waals surface area (Å²) < 4.78 is 26.8. The van der Waals surface area contributed by atoms with Crippen LogP contribution in [-0.2, 0) is 14.8 Å². The topological polar surface area (TPSA) is 101 Å². The Morgan fingerprint density at radius 1 is 1.22 bits per heavy atom. The maximum absolute atomic E-state index is 12.8. The molecule has 27 heavy (non-hydrogen) atoms. The molecular formula is C18H27N3O5S. The van der Waals surface area contributed by atoms with Gasteiger partial charge in [-0.1, -0.05) is 32.8 Å². The van der Waals surface area contributed by atoms with Crippen molar-refractivity contribution in [1.82, 2.24) is 9.21 Å². The highest BCUT2D eigenvalue weighted by molar-refractivity contribution is 7.89. The molecule has 1 aliphatic heterocycles. The van der Waals surface area contributed by atoms with Crippen molar-refractivity contribution >= 4 is 21.6 Å². The van der Waals surface area contributed by atoms with Crippen molar-refractivity contribution in [3.05, 3.63) is 34.4 Å². The van der Waals surface area contributed by atoms with E-state index >= 15 is 0 Å². The Hall–Kier alpha value is -2.00. The second kappa shape index (κ2) is 9.27. The zero-order valence-electron chi connectivity index (χ0n) is 15.8. The number of amides is 1. The van der Waals surface area contributed by atoms with Gasteiger partial charge in [-0.15, -0.1) is 0 Å². The van der Waals surface area contributed by atoms with Crippen LogP contribution in [0.5, 0.6) is 0 Å². The van der Waals surface area contributed by atoms with Gasteiger partial charge in [0.25, 0.3) is 5.69 Å². The number of piperazine rings is 1. The maximum atomic E-state index is 12.8. The minimum Gasteiger partial charge on any atom is -0.340 e. The van der Waals surface area contributed by atoms with Crippen LogP contribution >= 0.6 is 0 Å². The lowest BCUT2D eigenvalue weighted by Gasteiger charge is -2.35. The molecule has 1 fully saturated rings. The van der Waals surface area contributed by atoms with E-state index in [0.717, 1.165) is 31.7 Å². The van der Waals surface area contributed by atoms with E-state index in [1.165, 1.54) is 22.5 Å². The predicted molar refractivity (Wildman–Crippen MR) is 102 cm³/mol. The number of rotatable bonds is 8. The molecule has 0 N–H and O–H groups in total. The number of nitro groups is 1. The lowest BCUT2D eigenvalue weighted by Crippen LogP contribution is -2.51. The van der Waals surface area contributed by atoms with E-state index in [9.17, 15) is 23.3 Å². The summed E-state index contributed by atoms with van der Waals surface area (Å²) >= 11 is 0. The fourth-order valence-corrected chi connectivity index (χ4v) is 4.73. The van der Waals surface area contributed by atoms with Gasteiger partial charge in [0.15, 0.2) is 0 Å². The van der Waals surface area contributed by atoms with E-state index in [1.807, 2.05) is 6.92 Å². The number of carbonyl (C=O) groups is 1. The molecule has 0 saturated carbocycles. The normalized spacial score (nSPS) is 16.9. The number of nitrogens with zero attached hydrogens (tertiary/aromatic N) is 3. The van der Waals surface area contributed by atoms with Gasteiger partial charge in [-0.05, 0) is 18.9 Å². The van der Waals surface area contributed by atoms with Crippen LogP contribution in [0, 0.1) is 16.0 Å². The summed E-state index contributed by atoms with van der Waals surface area (Å²) in [7, 11) is -3.82. The first-order valence-corrected chi connectivity index (χ1v) is 10.8. The molecule has 0 aromatic heterocycles. The molecule has 0 aliphatic carbocycles. The largest absolute Gasteiger partial charge is 0.340 e. The van der Waals surface area contributed by atoms with E-state index in [2.05, 4.69) is 6.92 Å². The molecule has 150 valence electrons. The highest BCUT2D eigenvalue weighted by Crippen LogP contribution is 2.23. The molecule has 1 unspecified atom stereocenters. The quantitative estimate of drug-likeness (QED) is 0.496. The van der Waals surface area contributed by atoms with Crippen molar-refractivity contribution in [2.24, 2.45) is 5.92 Å². The zero-order valence-corrected chi connectivity index (χ0v) is 16.7. The van der Waals surface area contributed by atoms with Crippen LogP contribution in [0.4, 0.5) is 5.69 Å². The second-order valence-electron chi connectivity index (χ2n) is 6.73. The van der Waals surface area contributed by atoms with Gasteiger partial charge in [-0.25, -0.2) is 8.42 Å². The third kappa shape index (κ3) is 5.04. The monoisotopic (exact) mass is 397 g/mol. The van der Waals surface area contributed by atoms with Gasteiger partial charge in [0.2, 0.25) is 15.9 Å². The van der Waals surface area contributed by atoms with E-state index < -0.39 is 14.9 Å². The predicted octanol–water partition coefficient (Wildman–Crippen LogP) is 2.64. The molecule has 1 saturated heterocycles. The summed E-state index contributed by atoms with van der Waals surface area (Å²) in [6.07, 6.45) is 3.69. The zero-order chi connectivity index (χ0) is 20.0. The van der Waals surface area contributed by atoms with Crippen molar-refractivity contribution in [2.45, 2.75) is 44.4 Å². The molecule has 0 spiro atoms. The average Bonchev–Trinajstić information content (AvgIpc) is 2.68. The van der Waals surface area contributed by atoms with Crippen molar-refractivity contribution in [2.75, 3.05) is 26.2 Å². The van der Waals surface area contributed by atoms with Gasteiger partial charge in [0.05, 0.1) is 9.82 Å². The fraction of sp³-hybridized carbons (Fsp3) is 0.611. The summed E-state index contributed by atoms with van der Waals surface area (Å²) in [6.45, 7) is 5.17. The lowest BCUT2D eigenvalue weighted by molar-refractivity contribution is -0.385. The summed E-state index contributed by atoms with van der Waals surface area (Å²) in [5.41, 5.74) is -0.258. The molecule has 9 heteroatoms. The molecule has 8 nitrogen and oxygen atoms in total. The van der Waals surface area contributed by atoms with E-state index in [0.29, 0.717) is 13.1 Å². The molecule has 1 amide bonds. The van der Waals surface area contributed by atoms with E-state index in [4.69, 9.17) is 0 Å². The number of sulfonamides is 1. The molecule has 1 aliphatic rings. The molecule has 1 aromatic rings. The maximum Gasteiger partial charge on any atom is 0.270 e. The third-order valence-corrected chi connectivity index (χ3v) is 6.86. The first kappa shape index (κ1) is 21.3. The average molecular weight is 397 g/mol. The van der Waals surface area contributed by atoms with Crippen molar-refractivity contribution in [3.8, 4) is 0 Å². The molecule has 1 heterocycles. The Morgan fingerprint density at radius 2 is 1.89 bits per heavy atom. The van der Waals surface area contributed by atoms with Crippen LogP contribution in [0.1, 0.15) is 39.5 Å². The Kier molecular flexibility index (Phi) is 7.32. The van der Waals surface area contributed by atoms with Gasteiger partial charge in [0, 0.05) is 44.2 Å². The molecule has 0 bridgehead atoms. The number of nitro benzene ring substituents is 1. The third-order valence-electron chi connectivity index (χ3n) is 4.96. The smallest absolute Gasteiger partial charge is 0.270 e. The minimum absolute atomic E-state index is 0.00937. The van der Waals surface area contributed by atoms with Crippen LogP contribution in [0.15, 0.2) is 29.2 Å². The first-order chi connectivity index (χ1) is 12.8. The van der Waals surface area contributed by atoms with Crippen LogP contribution in [-0.4, -0.2) is 54.6 Å². The van der Waals surface area contributed by atoms with E-state index in [1.54, 1.807) is 4.90 Å². The van der Waals surface area contributed by atoms with Crippen molar-refractivity contribution in [1.29, 1.82) is 0 Å². The number of hydrogen-bond donors (Lipinski definition) is 0. The van der Waals surface area contributed by atoms with Gasteiger partial charge in [-0.3, -0.25) is 14.9 Å². The summed E-state index contributed by atoms with van der Waals surface area (Å²) in [4.78, 5) is 24.6. The fourth-order valence-electron chi connectivity index (χ4n) is 3.27. The molecule has 0 radical (unpaired) electrons. The summed E-state index contributed by atoms with van der Waals surface area (Å²) in [6, 6.07) is 5.06. The second-order valence-corrected chi connectivity index (χ2v) is 8.67. The minimum atomic E-state index is -3.82.